The monoisotopic (exact) mass is 505 g/mol. The van der Waals surface area contributed by atoms with Crippen molar-refractivity contribution in [3.63, 3.8) is 0 Å². The van der Waals surface area contributed by atoms with Gasteiger partial charge in [0.2, 0.25) is 0 Å². The lowest BCUT2D eigenvalue weighted by Crippen LogP contribution is -2.25. The number of rotatable bonds is 7. The molecule has 162 valence electrons. The van der Waals surface area contributed by atoms with Gasteiger partial charge in [0.1, 0.15) is 11.6 Å². The van der Waals surface area contributed by atoms with Crippen molar-refractivity contribution in [1.29, 1.82) is 0 Å². The number of nitrogens with zero attached hydrogens (tertiary/aromatic N) is 3. The van der Waals surface area contributed by atoms with Gasteiger partial charge in [0.15, 0.2) is 6.10 Å². The van der Waals surface area contributed by atoms with E-state index in [0.717, 1.165) is 10.9 Å². The van der Waals surface area contributed by atoms with E-state index >= 15 is 0 Å². The van der Waals surface area contributed by atoms with Crippen LogP contribution in [-0.2, 0) is 16.0 Å². The molecule has 1 aromatic heterocycles. The van der Waals surface area contributed by atoms with Crippen molar-refractivity contribution < 1.29 is 14.3 Å². The van der Waals surface area contributed by atoms with Gasteiger partial charge < -0.3 is 9.47 Å². The van der Waals surface area contributed by atoms with Gasteiger partial charge in [-0.05, 0) is 49.7 Å². The topological polar surface area (TPSA) is 82.8 Å². The lowest BCUT2D eigenvalue weighted by Gasteiger charge is -2.14. The summed E-state index contributed by atoms with van der Waals surface area (Å²) in [7, 11) is 1.29. The SMILES string of the molecule is CCCc1nc2ccc(Br)cc2c(=O)n1N=Cc1cc(Cl)ccc1O[C@@H](C)C(=O)OC. The summed E-state index contributed by atoms with van der Waals surface area (Å²) in [4.78, 5) is 29.5. The molecule has 1 heterocycles. The second kappa shape index (κ2) is 10.1. The van der Waals surface area contributed by atoms with Crippen molar-refractivity contribution >= 4 is 50.6 Å². The Balaban J connectivity index is 2.08. The lowest BCUT2D eigenvalue weighted by atomic mass is 10.2. The van der Waals surface area contributed by atoms with Gasteiger partial charge >= 0.3 is 5.97 Å². The molecule has 0 radical (unpaired) electrons. The van der Waals surface area contributed by atoms with Crippen LogP contribution < -0.4 is 10.3 Å². The van der Waals surface area contributed by atoms with Crippen molar-refractivity contribution in [3.8, 4) is 5.75 Å². The van der Waals surface area contributed by atoms with E-state index in [0.29, 0.717) is 39.5 Å². The van der Waals surface area contributed by atoms with E-state index in [1.54, 1.807) is 37.3 Å². The minimum Gasteiger partial charge on any atom is -0.478 e. The highest BCUT2D eigenvalue weighted by Crippen LogP contribution is 2.23. The van der Waals surface area contributed by atoms with Crippen molar-refractivity contribution in [3.05, 3.63) is 67.6 Å². The summed E-state index contributed by atoms with van der Waals surface area (Å²) in [6.07, 6.45) is 2.02. The van der Waals surface area contributed by atoms with Gasteiger partial charge in [-0.15, -0.1) is 0 Å². The van der Waals surface area contributed by atoms with Crippen LogP contribution in [0.25, 0.3) is 10.9 Å². The molecule has 0 bridgehead atoms. The van der Waals surface area contributed by atoms with Crippen molar-refractivity contribution in [2.24, 2.45) is 5.10 Å². The van der Waals surface area contributed by atoms with Crippen LogP contribution in [-0.4, -0.2) is 35.1 Å². The van der Waals surface area contributed by atoms with Crippen LogP contribution in [0, 0.1) is 0 Å². The third kappa shape index (κ3) is 5.32. The first-order valence-electron chi connectivity index (χ1n) is 9.63. The molecule has 0 saturated heterocycles. The number of methoxy groups -OCH3 is 1. The average Bonchev–Trinajstić information content (AvgIpc) is 2.75. The van der Waals surface area contributed by atoms with Crippen LogP contribution in [0.15, 0.2) is 50.8 Å². The molecule has 3 aromatic rings. The molecular weight excluding hydrogens is 486 g/mol. The highest BCUT2D eigenvalue weighted by Gasteiger charge is 2.17. The first-order valence-corrected chi connectivity index (χ1v) is 10.8. The van der Waals surface area contributed by atoms with E-state index in [-0.39, 0.29) is 5.56 Å². The Kier molecular flexibility index (Phi) is 7.46. The van der Waals surface area contributed by atoms with Gasteiger partial charge in [0.05, 0.1) is 24.2 Å². The largest absolute Gasteiger partial charge is 0.478 e. The standard InChI is InChI=1S/C22H21BrClN3O4/c1-4-5-20-26-18-8-6-15(23)11-17(18)21(28)27(20)25-12-14-10-16(24)7-9-19(14)31-13(2)22(29)30-3/h6-13H,4-5H2,1-3H3/t13-/m0/s1. The second-order valence-corrected chi connectivity index (χ2v) is 8.12. The number of carbonyl (C=O) groups is 1. The molecule has 0 aliphatic rings. The van der Waals surface area contributed by atoms with Crippen LogP contribution in [0.4, 0.5) is 0 Å². The Hall–Kier alpha value is -2.71. The van der Waals surface area contributed by atoms with Gasteiger partial charge in [-0.2, -0.15) is 9.78 Å². The number of benzene rings is 2. The molecule has 7 nitrogen and oxygen atoms in total. The average molecular weight is 507 g/mol. The molecule has 31 heavy (non-hydrogen) atoms. The molecule has 9 heteroatoms. The zero-order chi connectivity index (χ0) is 22.5. The van der Waals surface area contributed by atoms with Crippen LogP contribution in [0.2, 0.25) is 5.02 Å². The molecule has 0 spiro atoms. The van der Waals surface area contributed by atoms with Gasteiger partial charge in [-0.1, -0.05) is 34.5 Å². The summed E-state index contributed by atoms with van der Waals surface area (Å²) >= 11 is 9.53. The number of esters is 1. The summed E-state index contributed by atoms with van der Waals surface area (Å²) in [6, 6.07) is 10.3. The number of halogens is 2. The molecule has 0 unspecified atom stereocenters. The fourth-order valence-corrected chi connectivity index (χ4v) is 3.49. The van der Waals surface area contributed by atoms with Gasteiger partial charge in [0, 0.05) is 21.5 Å². The van der Waals surface area contributed by atoms with Crippen molar-refractivity contribution in [2.45, 2.75) is 32.8 Å². The summed E-state index contributed by atoms with van der Waals surface area (Å²) < 4.78 is 12.5. The molecule has 0 saturated carbocycles. The maximum atomic E-state index is 13.1. The smallest absolute Gasteiger partial charge is 0.346 e. The summed E-state index contributed by atoms with van der Waals surface area (Å²) in [5, 5.41) is 5.31. The van der Waals surface area contributed by atoms with Gasteiger partial charge in [-0.3, -0.25) is 4.79 Å². The molecule has 0 fully saturated rings. The first kappa shape index (κ1) is 23.0. The van der Waals surface area contributed by atoms with E-state index in [9.17, 15) is 9.59 Å². The normalized spacial score (nSPS) is 12.3. The predicted molar refractivity (Wildman–Crippen MR) is 124 cm³/mol. The molecule has 0 N–H and O–H groups in total. The number of aryl methyl sites for hydroxylation is 1. The molecule has 2 aromatic carbocycles. The van der Waals surface area contributed by atoms with E-state index < -0.39 is 12.1 Å². The third-order valence-electron chi connectivity index (χ3n) is 4.47. The van der Waals surface area contributed by atoms with Gasteiger partial charge in [-0.25, -0.2) is 9.78 Å². The van der Waals surface area contributed by atoms with Crippen LogP contribution in [0.3, 0.4) is 0 Å². The summed E-state index contributed by atoms with van der Waals surface area (Å²) in [5.41, 5.74) is 0.840. The van der Waals surface area contributed by atoms with Crippen LogP contribution in [0.5, 0.6) is 5.75 Å². The van der Waals surface area contributed by atoms with E-state index in [1.807, 2.05) is 13.0 Å². The fraction of sp³-hybridized carbons (Fsp3) is 0.273. The summed E-state index contributed by atoms with van der Waals surface area (Å²) in [6.45, 7) is 3.58. The highest BCUT2D eigenvalue weighted by atomic mass is 79.9. The molecular formula is C22H21BrClN3O4. The third-order valence-corrected chi connectivity index (χ3v) is 5.20. The number of carbonyl (C=O) groups excluding carboxylic acids is 1. The quantitative estimate of drug-likeness (QED) is 0.346. The summed E-state index contributed by atoms with van der Waals surface area (Å²) in [5.74, 6) is 0.419. The molecule has 3 rings (SSSR count). The van der Waals surface area contributed by atoms with Crippen LogP contribution >= 0.6 is 27.5 Å². The lowest BCUT2D eigenvalue weighted by molar-refractivity contribution is -0.147. The van der Waals surface area contributed by atoms with Gasteiger partial charge in [0.25, 0.3) is 5.56 Å². The number of aromatic nitrogens is 2. The zero-order valence-electron chi connectivity index (χ0n) is 17.3. The highest BCUT2D eigenvalue weighted by molar-refractivity contribution is 9.10. The molecule has 0 aliphatic carbocycles. The van der Waals surface area contributed by atoms with Crippen molar-refractivity contribution in [2.75, 3.05) is 7.11 Å². The molecule has 0 amide bonds. The predicted octanol–water partition coefficient (Wildman–Crippen LogP) is 4.59. The number of fused-ring (bicyclic) bond motifs is 1. The van der Waals surface area contributed by atoms with Crippen molar-refractivity contribution in [1.82, 2.24) is 9.66 Å². The Bertz CT molecular complexity index is 1210. The Labute approximate surface area is 192 Å². The fourth-order valence-electron chi connectivity index (χ4n) is 2.95. The maximum Gasteiger partial charge on any atom is 0.346 e. The van der Waals surface area contributed by atoms with Crippen LogP contribution in [0.1, 0.15) is 31.7 Å². The minimum atomic E-state index is -0.823. The maximum absolute atomic E-state index is 13.1. The van der Waals surface area contributed by atoms with E-state index in [2.05, 4.69) is 26.0 Å². The minimum absolute atomic E-state index is 0.279. The van der Waals surface area contributed by atoms with E-state index in [4.69, 9.17) is 21.1 Å². The second-order valence-electron chi connectivity index (χ2n) is 6.77. The molecule has 1 atom stereocenters. The zero-order valence-corrected chi connectivity index (χ0v) is 19.6. The van der Waals surface area contributed by atoms with E-state index in [1.165, 1.54) is 18.0 Å². The Morgan fingerprint density at radius 1 is 1.32 bits per heavy atom. The number of hydrogen-bond donors (Lipinski definition) is 0. The number of ether oxygens (including phenoxy) is 2. The first-order chi connectivity index (χ1) is 14.8. The Morgan fingerprint density at radius 3 is 2.81 bits per heavy atom. The molecule has 0 aliphatic heterocycles. The number of hydrogen-bond acceptors (Lipinski definition) is 6. The Morgan fingerprint density at radius 2 is 2.10 bits per heavy atom.